The lowest BCUT2D eigenvalue weighted by atomic mass is 9.93. The molecule has 1 amide bonds. The van der Waals surface area contributed by atoms with Gasteiger partial charge in [-0.3, -0.25) is 4.79 Å². The standard InChI is InChI=1S/C14H15BrClNO4/c15-9-3-4-10(11(16)6-9)13(18)17-12(14(19)20)8-2-1-5-21-7-8/h3-4,6,8,12H,1-2,5,7H2,(H,17,18)(H,19,20). The van der Waals surface area contributed by atoms with E-state index in [1.54, 1.807) is 18.2 Å². The fourth-order valence-electron chi connectivity index (χ4n) is 2.30. The van der Waals surface area contributed by atoms with Crippen molar-refractivity contribution >= 4 is 39.4 Å². The van der Waals surface area contributed by atoms with Gasteiger partial charge in [-0.2, -0.15) is 0 Å². The number of hydrogen-bond acceptors (Lipinski definition) is 3. The van der Waals surface area contributed by atoms with Gasteiger partial charge in [0, 0.05) is 17.0 Å². The summed E-state index contributed by atoms with van der Waals surface area (Å²) in [5, 5.41) is 12.1. The summed E-state index contributed by atoms with van der Waals surface area (Å²) in [7, 11) is 0. The maximum atomic E-state index is 12.2. The molecule has 0 radical (unpaired) electrons. The Labute approximate surface area is 135 Å². The van der Waals surface area contributed by atoms with E-state index in [1.165, 1.54) is 0 Å². The third kappa shape index (κ3) is 4.18. The van der Waals surface area contributed by atoms with Crippen molar-refractivity contribution in [3.8, 4) is 0 Å². The maximum absolute atomic E-state index is 12.2. The minimum Gasteiger partial charge on any atom is -0.480 e. The van der Waals surface area contributed by atoms with Crippen molar-refractivity contribution in [2.75, 3.05) is 13.2 Å². The molecule has 0 bridgehead atoms. The topological polar surface area (TPSA) is 75.6 Å². The SMILES string of the molecule is O=C(NC(C(=O)O)C1CCCOC1)c1ccc(Br)cc1Cl. The average Bonchev–Trinajstić information content (AvgIpc) is 2.45. The van der Waals surface area contributed by atoms with E-state index in [0.29, 0.717) is 19.6 Å². The Bertz CT molecular complexity index is 546. The first-order valence-electron chi connectivity index (χ1n) is 6.55. The predicted octanol–water partition coefficient (Wildman–Crippen LogP) is 2.71. The van der Waals surface area contributed by atoms with Crippen molar-refractivity contribution in [2.24, 2.45) is 5.92 Å². The zero-order valence-corrected chi connectivity index (χ0v) is 13.5. The highest BCUT2D eigenvalue weighted by Crippen LogP contribution is 2.23. The van der Waals surface area contributed by atoms with Crippen LogP contribution in [0.15, 0.2) is 22.7 Å². The molecule has 2 unspecified atom stereocenters. The summed E-state index contributed by atoms with van der Waals surface area (Å²) in [4.78, 5) is 23.6. The molecule has 114 valence electrons. The summed E-state index contributed by atoms with van der Waals surface area (Å²) in [6.07, 6.45) is 1.51. The van der Waals surface area contributed by atoms with Crippen molar-refractivity contribution in [3.05, 3.63) is 33.3 Å². The lowest BCUT2D eigenvalue weighted by molar-refractivity contribution is -0.142. The van der Waals surface area contributed by atoms with E-state index in [2.05, 4.69) is 21.2 Å². The summed E-state index contributed by atoms with van der Waals surface area (Å²) in [5.74, 6) is -1.79. The summed E-state index contributed by atoms with van der Waals surface area (Å²) in [6.45, 7) is 0.973. The van der Waals surface area contributed by atoms with E-state index >= 15 is 0 Å². The highest BCUT2D eigenvalue weighted by molar-refractivity contribution is 9.10. The fraction of sp³-hybridized carbons (Fsp3) is 0.429. The molecule has 2 N–H and O–H groups in total. The van der Waals surface area contributed by atoms with Crippen LogP contribution in [0, 0.1) is 5.92 Å². The molecular weight excluding hydrogens is 362 g/mol. The molecule has 7 heteroatoms. The normalized spacial score (nSPS) is 19.8. The maximum Gasteiger partial charge on any atom is 0.326 e. The van der Waals surface area contributed by atoms with E-state index < -0.39 is 17.9 Å². The molecule has 1 aromatic carbocycles. The second-order valence-electron chi connectivity index (χ2n) is 4.89. The van der Waals surface area contributed by atoms with Crippen molar-refractivity contribution in [1.29, 1.82) is 0 Å². The van der Waals surface area contributed by atoms with E-state index in [-0.39, 0.29) is 16.5 Å². The summed E-state index contributed by atoms with van der Waals surface area (Å²) < 4.78 is 6.04. The van der Waals surface area contributed by atoms with Crippen LogP contribution < -0.4 is 5.32 Å². The van der Waals surface area contributed by atoms with Crippen LogP contribution >= 0.6 is 27.5 Å². The molecule has 0 saturated carbocycles. The van der Waals surface area contributed by atoms with Gasteiger partial charge in [-0.05, 0) is 31.0 Å². The van der Waals surface area contributed by atoms with Gasteiger partial charge in [0.15, 0.2) is 0 Å². The van der Waals surface area contributed by atoms with E-state index in [0.717, 1.165) is 10.9 Å². The summed E-state index contributed by atoms with van der Waals surface area (Å²) in [6, 6.07) is 3.85. The number of aliphatic carboxylic acids is 1. The molecule has 0 aromatic heterocycles. The first-order valence-corrected chi connectivity index (χ1v) is 7.72. The minimum atomic E-state index is -1.06. The van der Waals surface area contributed by atoms with Crippen molar-refractivity contribution in [1.82, 2.24) is 5.32 Å². The monoisotopic (exact) mass is 375 g/mol. The fourth-order valence-corrected chi connectivity index (χ4v) is 3.06. The third-order valence-corrected chi connectivity index (χ3v) is 4.20. The molecule has 1 fully saturated rings. The first-order chi connectivity index (χ1) is 9.99. The lowest BCUT2D eigenvalue weighted by Crippen LogP contribution is -2.48. The predicted molar refractivity (Wildman–Crippen MR) is 81.6 cm³/mol. The molecule has 1 aliphatic rings. The van der Waals surface area contributed by atoms with Crippen LogP contribution in [-0.4, -0.2) is 36.2 Å². The quantitative estimate of drug-likeness (QED) is 0.847. The molecule has 0 spiro atoms. The van der Waals surface area contributed by atoms with Crippen LogP contribution in [-0.2, 0) is 9.53 Å². The minimum absolute atomic E-state index is 0.227. The third-order valence-electron chi connectivity index (χ3n) is 3.40. The van der Waals surface area contributed by atoms with E-state index in [4.69, 9.17) is 16.3 Å². The van der Waals surface area contributed by atoms with E-state index in [1.807, 2.05) is 0 Å². The molecule has 2 atom stereocenters. The molecule has 0 aliphatic carbocycles. The number of halogens is 2. The van der Waals surface area contributed by atoms with Gasteiger partial charge < -0.3 is 15.2 Å². The zero-order valence-electron chi connectivity index (χ0n) is 11.1. The summed E-state index contributed by atoms with van der Waals surface area (Å²) >= 11 is 9.27. The van der Waals surface area contributed by atoms with Gasteiger partial charge >= 0.3 is 5.97 Å². The Morgan fingerprint density at radius 1 is 1.48 bits per heavy atom. The van der Waals surface area contributed by atoms with Gasteiger partial charge in [-0.1, -0.05) is 27.5 Å². The van der Waals surface area contributed by atoms with E-state index in [9.17, 15) is 14.7 Å². The van der Waals surface area contributed by atoms with Gasteiger partial charge in [-0.15, -0.1) is 0 Å². The number of rotatable bonds is 4. The van der Waals surface area contributed by atoms with Crippen LogP contribution in [0.3, 0.4) is 0 Å². The number of carbonyl (C=O) groups is 2. The Morgan fingerprint density at radius 3 is 2.81 bits per heavy atom. The van der Waals surface area contributed by atoms with Crippen molar-refractivity contribution < 1.29 is 19.4 Å². The molecule has 1 saturated heterocycles. The van der Waals surface area contributed by atoms with Crippen LogP contribution in [0.25, 0.3) is 0 Å². The van der Waals surface area contributed by atoms with Crippen LogP contribution in [0.1, 0.15) is 23.2 Å². The highest BCUT2D eigenvalue weighted by atomic mass is 79.9. The van der Waals surface area contributed by atoms with Gasteiger partial charge in [0.25, 0.3) is 5.91 Å². The van der Waals surface area contributed by atoms with Gasteiger partial charge in [-0.25, -0.2) is 4.79 Å². The smallest absolute Gasteiger partial charge is 0.326 e. The Morgan fingerprint density at radius 2 is 2.24 bits per heavy atom. The number of benzene rings is 1. The Kier molecular flexibility index (Phi) is 5.61. The lowest BCUT2D eigenvalue weighted by Gasteiger charge is -2.28. The van der Waals surface area contributed by atoms with Gasteiger partial charge in [0.2, 0.25) is 0 Å². The second kappa shape index (κ2) is 7.24. The Balaban J connectivity index is 2.12. The average molecular weight is 377 g/mol. The number of carboxylic acids is 1. The molecule has 1 aliphatic heterocycles. The van der Waals surface area contributed by atoms with Crippen LogP contribution in [0.4, 0.5) is 0 Å². The van der Waals surface area contributed by atoms with Crippen molar-refractivity contribution in [3.63, 3.8) is 0 Å². The number of ether oxygens (including phenoxy) is 1. The zero-order chi connectivity index (χ0) is 15.4. The molecule has 21 heavy (non-hydrogen) atoms. The number of nitrogens with one attached hydrogen (secondary N) is 1. The van der Waals surface area contributed by atoms with Crippen molar-refractivity contribution in [2.45, 2.75) is 18.9 Å². The largest absolute Gasteiger partial charge is 0.480 e. The Hall–Kier alpha value is -1.11. The van der Waals surface area contributed by atoms with Crippen LogP contribution in [0.2, 0.25) is 5.02 Å². The first kappa shape index (κ1) is 16.3. The molecule has 1 heterocycles. The molecular formula is C14H15BrClNO4. The molecule has 1 aromatic rings. The van der Waals surface area contributed by atoms with Crippen LogP contribution in [0.5, 0.6) is 0 Å². The van der Waals surface area contributed by atoms with Gasteiger partial charge in [0.05, 0.1) is 17.2 Å². The number of amides is 1. The number of carboxylic acid groups (broad SMARTS) is 1. The number of carbonyl (C=O) groups excluding carboxylic acids is 1. The number of hydrogen-bond donors (Lipinski definition) is 2. The highest BCUT2D eigenvalue weighted by Gasteiger charge is 2.31. The van der Waals surface area contributed by atoms with Gasteiger partial charge in [0.1, 0.15) is 6.04 Å². The summed E-state index contributed by atoms with van der Waals surface area (Å²) in [5.41, 5.74) is 0.253. The molecule has 2 rings (SSSR count). The second-order valence-corrected chi connectivity index (χ2v) is 6.21. The molecule has 5 nitrogen and oxygen atoms in total.